The number of carbonyl (C=O) groups is 1. The highest BCUT2D eigenvalue weighted by atomic mass is 35.5. The molecule has 0 bridgehead atoms. The molecule has 1 aromatic rings. The van der Waals surface area contributed by atoms with Gasteiger partial charge in [0.2, 0.25) is 0 Å². The first-order valence-corrected chi connectivity index (χ1v) is 6.90. The third-order valence-corrected chi connectivity index (χ3v) is 3.88. The minimum Gasteiger partial charge on any atom is -0.330 e. The van der Waals surface area contributed by atoms with Crippen LogP contribution in [0.3, 0.4) is 0 Å². The van der Waals surface area contributed by atoms with Crippen molar-refractivity contribution in [1.82, 2.24) is 4.90 Å². The molecule has 0 atom stereocenters. The van der Waals surface area contributed by atoms with Crippen LogP contribution in [0.15, 0.2) is 18.2 Å². The summed E-state index contributed by atoms with van der Waals surface area (Å²) in [6.45, 7) is -0.206. The molecule has 1 aliphatic carbocycles. The third kappa shape index (κ3) is 3.61. The van der Waals surface area contributed by atoms with Gasteiger partial charge in [0, 0.05) is 12.6 Å². The quantitative estimate of drug-likeness (QED) is 0.726. The highest BCUT2D eigenvalue weighted by Gasteiger charge is 2.53. The number of nitrogens with zero attached hydrogens (tertiary/aromatic N) is 1. The maximum Gasteiger partial charge on any atom is 0.383 e. The fourth-order valence-electron chi connectivity index (χ4n) is 1.87. The van der Waals surface area contributed by atoms with Crippen LogP contribution in [-0.2, 0) is 11.3 Å². The molecule has 8 heteroatoms. The van der Waals surface area contributed by atoms with Crippen LogP contribution in [0.5, 0.6) is 0 Å². The second-order valence-corrected chi connectivity index (χ2v) is 5.65. The monoisotopic (exact) mass is 343 g/mol. The van der Waals surface area contributed by atoms with E-state index < -0.39 is 24.3 Å². The fraction of sp³-hybridized carbons (Fsp3) is 0.462. The first kappa shape index (κ1) is 16.4. The van der Waals surface area contributed by atoms with E-state index in [0.29, 0.717) is 18.4 Å². The van der Waals surface area contributed by atoms with Crippen molar-refractivity contribution in [1.29, 1.82) is 0 Å². The second-order valence-electron chi connectivity index (χ2n) is 4.84. The van der Waals surface area contributed by atoms with Gasteiger partial charge < -0.3 is 4.90 Å². The summed E-state index contributed by atoms with van der Waals surface area (Å²) in [5, 5.41) is 0.487. The van der Waals surface area contributed by atoms with E-state index in [2.05, 4.69) is 0 Å². The number of benzene rings is 1. The van der Waals surface area contributed by atoms with Crippen molar-refractivity contribution in [2.75, 3.05) is 0 Å². The molecule has 2 nitrogen and oxygen atoms in total. The molecule has 1 aliphatic rings. The number of amides is 1. The van der Waals surface area contributed by atoms with Gasteiger partial charge in [0.1, 0.15) is 0 Å². The van der Waals surface area contributed by atoms with E-state index in [4.69, 9.17) is 23.2 Å². The summed E-state index contributed by atoms with van der Waals surface area (Å²) >= 11 is 11.5. The Kier molecular flexibility index (Phi) is 4.68. The van der Waals surface area contributed by atoms with Crippen LogP contribution in [-0.4, -0.2) is 29.2 Å². The molecule has 0 saturated heterocycles. The third-order valence-electron chi connectivity index (χ3n) is 3.14. The Morgan fingerprint density at radius 1 is 1.29 bits per heavy atom. The van der Waals surface area contributed by atoms with Gasteiger partial charge in [0.15, 0.2) is 0 Å². The zero-order chi connectivity index (χ0) is 15.8. The lowest BCUT2D eigenvalue weighted by Crippen LogP contribution is -2.48. The molecular weight excluding hydrogens is 333 g/mol. The molecule has 2 rings (SSSR count). The number of halogens is 6. The van der Waals surface area contributed by atoms with Crippen LogP contribution in [0.25, 0.3) is 0 Å². The number of hydrogen-bond acceptors (Lipinski definition) is 1. The normalized spacial score (nSPS) is 15.4. The fourth-order valence-corrected chi connectivity index (χ4v) is 2.19. The van der Waals surface area contributed by atoms with Crippen molar-refractivity contribution in [2.24, 2.45) is 0 Å². The summed E-state index contributed by atoms with van der Waals surface area (Å²) in [5.74, 6) is -6.54. The molecule has 0 aromatic heterocycles. The Hall–Kier alpha value is -1.01. The van der Waals surface area contributed by atoms with Crippen LogP contribution in [0.2, 0.25) is 10.0 Å². The Bertz CT molecular complexity index is 549. The zero-order valence-corrected chi connectivity index (χ0v) is 12.1. The number of rotatable bonds is 5. The molecule has 0 heterocycles. The smallest absolute Gasteiger partial charge is 0.330 e. The summed E-state index contributed by atoms with van der Waals surface area (Å²) in [6, 6.07) is 3.96. The van der Waals surface area contributed by atoms with E-state index in [1.165, 1.54) is 18.2 Å². The molecular formula is C13H11Cl2F4NO. The van der Waals surface area contributed by atoms with Crippen molar-refractivity contribution >= 4 is 29.1 Å². The molecule has 0 unspecified atom stereocenters. The standard InChI is InChI=1S/C13H11Cl2F4NO/c14-9-4-1-7(5-10(9)15)6-20(8-2-3-8)12(21)13(18,19)11(16)17/h1,4-5,8,11H,2-3,6H2. The van der Waals surface area contributed by atoms with Gasteiger partial charge in [-0.1, -0.05) is 29.3 Å². The molecule has 1 saturated carbocycles. The Balaban J connectivity index is 2.20. The summed E-state index contributed by atoms with van der Waals surface area (Å²) in [7, 11) is 0. The Morgan fingerprint density at radius 3 is 2.38 bits per heavy atom. The van der Waals surface area contributed by atoms with Gasteiger partial charge in [0.25, 0.3) is 5.91 Å². The number of alkyl halides is 4. The van der Waals surface area contributed by atoms with Crippen molar-refractivity contribution in [3.05, 3.63) is 33.8 Å². The van der Waals surface area contributed by atoms with E-state index >= 15 is 0 Å². The minimum absolute atomic E-state index is 0.206. The van der Waals surface area contributed by atoms with E-state index in [9.17, 15) is 22.4 Å². The van der Waals surface area contributed by atoms with Crippen LogP contribution >= 0.6 is 23.2 Å². The van der Waals surface area contributed by atoms with Crippen LogP contribution in [0, 0.1) is 0 Å². The summed E-state index contributed by atoms with van der Waals surface area (Å²) in [6.07, 6.45) is -2.99. The van der Waals surface area contributed by atoms with Gasteiger partial charge in [-0.2, -0.15) is 8.78 Å². The largest absolute Gasteiger partial charge is 0.383 e. The highest BCUT2D eigenvalue weighted by molar-refractivity contribution is 6.42. The molecule has 1 fully saturated rings. The van der Waals surface area contributed by atoms with Crippen molar-refractivity contribution in [3.63, 3.8) is 0 Å². The van der Waals surface area contributed by atoms with Crippen molar-refractivity contribution < 1.29 is 22.4 Å². The molecule has 0 spiro atoms. The van der Waals surface area contributed by atoms with Gasteiger partial charge in [-0.05, 0) is 30.5 Å². The van der Waals surface area contributed by atoms with E-state index in [0.717, 1.165) is 4.90 Å². The summed E-state index contributed by atoms with van der Waals surface area (Å²) in [4.78, 5) is 12.5. The Morgan fingerprint density at radius 2 is 1.90 bits per heavy atom. The topological polar surface area (TPSA) is 20.3 Å². The molecule has 21 heavy (non-hydrogen) atoms. The lowest BCUT2D eigenvalue weighted by molar-refractivity contribution is -0.181. The van der Waals surface area contributed by atoms with Crippen LogP contribution in [0.4, 0.5) is 17.6 Å². The molecule has 0 N–H and O–H groups in total. The Labute approximate surface area is 128 Å². The maximum atomic E-state index is 13.2. The summed E-state index contributed by atoms with van der Waals surface area (Å²) in [5.41, 5.74) is 0.453. The molecule has 1 aromatic carbocycles. The SMILES string of the molecule is O=C(N(Cc1ccc(Cl)c(Cl)c1)C1CC1)C(F)(F)C(F)F. The first-order valence-electron chi connectivity index (χ1n) is 6.14. The van der Waals surface area contributed by atoms with Crippen molar-refractivity contribution in [2.45, 2.75) is 37.8 Å². The number of hydrogen-bond donors (Lipinski definition) is 0. The average molecular weight is 344 g/mol. The minimum atomic E-state index is -4.68. The lowest BCUT2D eigenvalue weighted by Gasteiger charge is -2.26. The predicted octanol–water partition coefficient (Wildman–Crippen LogP) is 4.38. The first-order chi connectivity index (χ1) is 9.73. The number of carbonyl (C=O) groups excluding carboxylic acids is 1. The van der Waals surface area contributed by atoms with Gasteiger partial charge in [-0.15, -0.1) is 0 Å². The van der Waals surface area contributed by atoms with Gasteiger partial charge in [-0.25, -0.2) is 8.78 Å². The highest BCUT2D eigenvalue weighted by Crippen LogP contribution is 2.34. The van der Waals surface area contributed by atoms with E-state index in [1.807, 2.05) is 0 Å². The van der Waals surface area contributed by atoms with Crippen molar-refractivity contribution in [3.8, 4) is 0 Å². The molecule has 0 aliphatic heterocycles. The van der Waals surface area contributed by atoms with E-state index in [-0.39, 0.29) is 16.6 Å². The summed E-state index contributed by atoms with van der Waals surface area (Å²) < 4.78 is 51.1. The van der Waals surface area contributed by atoms with E-state index in [1.54, 1.807) is 0 Å². The molecule has 116 valence electrons. The van der Waals surface area contributed by atoms with Gasteiger partial charge >= 0.3 is 12.3 Å². The van der Waals surface area contributed by atoms with Crippen LogP contribution in [0.1, 0.15) is 18.4 Å². The molecule has 0 radical (unpaired) electrons. The maximum absolute atomic E-state index is 13.2. The van der Waals surface area contributed by atoms with Gasteiger partial charge in [0.05, 0.1) is 10.0 Å². The zero-order valence-electron chi connectivity index (χ0n) is 10.6. The lowest BCUT2D eigenvalue weighted by atomic mass is 10.2. The average Bonchev–Trinajstić information content (AvgIpc) is 3.23. The van der Waals surface area contributed by atoms with Crippen LogP contribution < -0.4 is 0 Å². The van der Waals surface area contributed by atoms with Gasteiger partial charge in [-0.3, -0.25) is 4.79 Å². The predicted molar refractivity (Wildman–Crippen MR) is 71.0 cm³/mol. The second kappa shape index (κ2) is 6.01. The molecule has 1 amide bonds.